The lowest BCUT2D eigenvalue weighted by atomic mass is 10.3. The average Bonchev–Trinajstić information content (AvgIpc) is 2.37. The zero-order valence-electron chi connectivity index (χ0n) is 10.6. The molecule has 0 aliphatic carbocycles. The molecule has 0 radical (unpaired) electrons. The molecule has 0 unspecified atom stereocenters. The van der Waals surface area contributed by atoms with Crippen LogP contribution in [0.4, 0.5) is 10.1 Å². The monoisotopic (exact) mass is 326 g/mol. The van der Waals surface area contributed by atoms with Crippen molar-refractivity contribution in [1.82, 2.24) is 4.72 Å². The Morgan fingerprint density at radius 2 is 2.10 bits per heavy atom. The molecule has 9 heteroatoms. The average molecular weight is 327 g/mol. The Bertz CT molecular complexity index is 554. The van der Waals surface area contributed by atoms with Crippen molar-refractivity contribution < 1.29 is 22.7 Å². The fourth-order valence-corrected chi connectivity index (χ4v) is 2.89. The molecule has 0 amide bonds. The number of hydrogen-bond acceptors (Lipinski definition) is 5. The van der Waals surface area contributed by atoms with Gasteiger partial charge in [-0.2, -0.15) is 0 Å². The fraction of sp³-hybridized carbons (Fsp3) is 0.455. The summed E-state index contributed by atoms with van der Waals surface area (Å²) in [6.45, 7) is 0.438. The van der Waals surface area contributed by atoms with Crippen LogP contribution >= 0.6 is 11.6 Å². The first-order valence-corrected chi connectivity index (χ1v) is 7.67. The fourth-order valence-electron chi connectivity index (χ4n) is 1.40. The predicted octanol–water partition coefficient (Wildman–Crippen LogP) is 0.739. The highest BCUT2D eigenvalue weighted by Crippen LogP contribution is 2.25. The molecule has 0 saturated heterocycles. The van der Waals surface area contributed by atoms with Crippen LogP contribution in [-0.2, 0) is 14.8 Å². The molecular formula is C11H16ClFN2O4S. The first-order valence-electron chi connectivity index (χ1n) is 5.81. The smallest absolute Gasteiger partial charge is 0.243 e. The van der Waals surface area contributed by atoms with Gasteiger partial charge in [0.25, 0.3) is 0 Å². The van der Waals surface area contributed by atoms with Gasteiger partial charge in [-0.15, -0.1) is 0 Å². The summed E-state index contributed by atoms with van der Waals surface area (Å²) in [7, 11) is -4.02. The zero-order chi connectivity index (χ0) is 15.2. The van der Waals surface area contributed by atoms with E-state index in [-0.39, 0.29) is 37.1 Å². The van der Waals surface area contributed by atoms with Crippen LogP contribution in [0.1, 0.15) is 6.42 Å². The number of aliphatic hydroxyl groups excluding tert-OH is 1. The Balaban J connectivity index is 2.65. The number of anilines is 1. The third-order valence-electron chi connectivity index (χ3n) is 2.30. The second-order valence-corrected chi connectivity index (χ2v) is 6.04. The van der Waals surface area contributed by atoms with Crippen LogP contribution in [-0.4, -0.2) is 39.9 Å². The zero-order valence-corrected chi connectivity index (χ0v) is 12.2. The highest BCUT2D eigenvalue weighted by atomic mass is 35.5. The van der Waals surface area contributed by atoms with Crippen LogP contribution in [0.3, 0.4) is 0 Å². The normalized spacial score (nSPS) is 11.8. The Labute approximate surface area is 121 Å². The van der Waals surface area contributed by atoms with Crippen molar-refractivity contribution in [2.75, 3.05) is 32.1 Å². The molecule has 4 N–H and O–H groups in total. The largest absolute Gasteiger partial charge is 0.399 e. The molecule has 1 aromatic carbocycles. The number of benzene rings is 1. The van der Waals surface area contributed by atoms with Crippen molar-refractivity contribution in [3.05, 3.63) is 23.0 Å². The van der Waals surface area contributed by atoms with Crippen molar-refractivity contribution >= 4 is 27.3 Å². The summed E-state index contributed by atoms with van der Waals surface area (Å²) in [5.41, 5.74) is 5.51. The lowest BCUT2D eigenvalue weighted by Gasteiger charge is -2.09. The minimum absolute atomic E-state index is 0.0584. The third-order valence-corrected chi connectivity index (χ3v) is 4.04. The van der Waals surface area contributed by atoms with Crippen LogP contribution in [0.15, 0.2) is 17.0 Å². The van der Waals surface area contributed by atoms with Gasteiger partial charge in [-0.1, -0.05) is 11.6 Å². The minimum Gasteiger partial charge on any atom is -0.399 e. The van der Waals surface area contributed by atoms with Crippen molar-refractivity contribution in [2.45, 2.75) is 11.3 Å². The van der Waals surface area contributed by atoms with Crippen LogP contribution in [0.25, 0.3) is 0 Å². The molecule has 20 heavy (non-hydrogen) atoms. The lowest BCUT2D eigenvalue weighted by Crippen LogP contribution is -2.26. The number of ether oxygens (including phenoxy) is 1. The molecule has 0 fully saturated rings. The number of nitrogens with one attached hydrogen (secondary N) is 1. The van der Waals surface area contributed by atoms with Gasteiger partial charge in [0.2, 0.25) is 10.0 Å². The summed E-state index contributed by atoms with van der Waals surface area (Å²) in [5.74, 6) is -1.04. The van der Waals surface area contributed by atoms with Crippen molar-refractivity contribution in [3.8, 4) is 0 Å². The summed E-state index contributed by atoms with van der Waals surface area (Å²) >= 11 is 5.55. The van der Waals surface area contributed by atoms with Gasteiger partial charge in [0.05, 0.1) is 18.2 Å². The SMILES string of the molecule is Nc1cc(Cl)c(F)c(S(=O)(=O)NCCCOCCO)c1. The second-order valence-electron chi connectivity index (χ2n) is 3.90. The Hall–Kier alpha value is -0.930. The van der Waals surface area contributed by atoms with E-state index in [9.17, 15) is 12.8 Å². The molecule has 0 heterocycles. The molecular weight excluding hydrogens is 311 g/mol. The maximum absolute atomic E-state index is 13.7. The van der Waals surface area contributed by atoms with Gasteiger partial charge in [-0.05, 0) is 18.6 Å². The number of aliphatic hydroxyl groups is 1. The summed E-state index contributed by atoms with van der Waals surface area (Å²) < 4.78 is 44.7. The van der Waals surface area contributed by atoms with Gasteiger partial charge in [0.1, 0.15) is 4.90 Å². The van der Waals surface area contributed by atoms with Crippen LogP contribution in [0, 0.1) is 5.82 Å². The van der Waals surface area contributed by atoms with E-state index in [1.807, 2.05) is 0 Å². The lowest BCUT2D eigenvalue weighted by molar-refractivity contribution is 0.0913. The highest BCUT2D eigenvalue weighted by Gasteiger charge is 2.21. The van der Waals surface area contributed by atoms with Crippen molar-refractivity contribution in [2.24, 2.45) is 0 Å². The Kier molecular flexibility index (Phi) is 6.63. The molecule has 0 saturated carbocycles. The molecule has 1 aromatic rings. The van der Waals surface area contributed by atoms with Crippen LogP contribution < -0.4 is 10.5 Å². The standard InChI is InChI=1S/C11H16ClFN2O4S/c12-9-6-8(14)7-10(11(9)13)20(17,18)15-2-1-4-19-5-3-16/h6-7,15-16H,1-5,14H2. The quantitative estimate of drug-likeness (QED) is 0.483. The van der Waals surface area contributed by atoms with Gasteiger partial charge in [0, 0.05) is 18.8 Å². The summed E-state index contributed by atoms with van der Waals surface area (Å²) in [6, 6.07) is 2.14. The van der Waals surface area contributed by atoms with E-state index >= 15 is 0 Å². The van der Waals surface area contributed by atoms with E-state index in [2.05, 4.69) is 4.72 Å². The minimum atomic E-state index is -4.02. The molecule has 0 spiro atoms. The molecule has 0 bridgehead atoms. The molecule has 114 valence electrons. The summed E-state index contributed by atoms with van der Waals surface area (Å²) in [4.78, 5) is -0.584. The number of halogens is 2. The van der Waals surface area contributed by atoms with E-state index in [1.54, 1.807) is 0 Å². The first kappa shape index (κ1) is 17.1. The Morgan fingerprint density at radius 1 is 1.40 bits per heavy atom. The van der Waals surface area contributed by atoms with Crippen LogP contribution in [0.5, 0.6) is 0 Å². The molecule has 6 nitrogen and oxygen atoms in total. The van der Waals surface area contributed by atoms with Gasteiger partial charge >= 0.3 is 0 Å². The molecule has 0 atom stereocenters. The van der Waals surface area contributed by atoms with Gasteiger partial charge in [-0.3, -0.25) is 0 Å². The third kappa shape index (κ3) is 4.88. The summed E-state index contributed by atoms with van der Waals surface area (Å²) in [6.07, 6.45) is 0.386. The van der Waals surface area contributed by atoms with Gasteiger partial charge in [0.15, 0.2) is 5.82 Å². The first-order chi connectivity index (χ1) is 9.38. The van der Waals surface area contributed by atoms with Gasteiger partial charge < -0.3 is 15.6 Å². The summed E-state index contributed by atoms with van der Waals surface area (Å²) in [5, 5.41) is 8.13. The van der Waals surface area contributed by atoms with E-state index in [0.29, 0.717) is 6.42 Å². The highest BCUT2D eigenvalue weighted by molar-refractivity contribution is 7.89. The maximum atomic E-state index is 13.7. The van der Waals surface area contributed by atoms with E-state index in [1.165, 1.54) is 0 Å². The van der Waals surface area contributed by atoms with Crippen molar-refractivity contribution in [3.63, 3.8) is 0 Å². The molecule has 1 rings (SSSR count). The van der Waals surface area contributed by atoms with Crippen LogP contribution in [0.2, 0.25) is 5.02 Å². The topological polar surface area (TPSA) is 102 Å². The second kappa shape index (κ2) is 7.75. The van der Waals surface area contributed by atoms with E-state index < -0.39 is 20.7 Å². The maximum Gasteiger partial charge on any atom is 0.243 e. The predicted molar refractivity (Wildman–Crippen MR) is 73.5 cm³/mol. The van der Waals surface area contributed by atoms with E-state index in [4.69, 9.17) is 27.2 Å². The number of sulfonamides is 1. The molecule has 0 aliphatic rings. The Morgan fingerprint density at radius 3 is 2.75 bits per heavy atom. The number of hydrogen-bond donors (Lipinski definition) is 3. The van der Waals surface area contributed by atoms with E-state index in [0.717, 1.165) is 12.1 Å². The number of nitrogen functional groups attached to an aromatic ring is 1. The van der Waals surface area contributed by atoms with Crippen molar-refractivity contribution in [1.29, 1.82) is 0 Å². The molecule has 0 aliphatic heterocycles. The number of rotatable bonds is 8. The number of nitrogens with two attached hydrogens (primary N) is 1. The van der Waals surface area contributed by atoms with Gasteiger partial charge in [-0.25, -0.2) is 17.5 Å². The molecule has 0 aromatic heterocycles.